The number of alkyl halides is 2. The molecular formula is C109H101F2N5O5S5. The molecule has 5 atom stereocenters. The van der Waals surface area contributed by atoms with Gasteiger partial charge in [-0.15, -0.1) is 56.7 Å². The highest BCUT2D eigenvalue weighted by atomic mass is 32.1. The molecule has 15 aromatic rings. The normalized spacial score (nSPS) is 17.1. The summed E-state index contributed by atoms with van der Waals surface area (Å²) in [6.07, 6.45) is 7.32. The monoisotopic (exact) mass is 1760 g/mol. The van der Waals surface area contributed by atoms with Crippen LogP contribution in [0.3, 0.4) is 0 Å². The molecule has 0 N–H and O–H groups in total. The predicted octanol–water partition coefficient (Wildman–Crippen LogP) is 28.5. The Kier molecular flexibility index (Phi) is 26.9. The zero-order valence-corrected chi connectivity index (χ0v) is 76.0. The number of fused-ring (bicyclic) bond motifs is 5. The van der Waals surface area contributed by atoms with Gasteiger partial charge in [0.15, 0.2) is 0 Å². The second-order valence-electron chi connectivity index (χ2n) is 33.6. The Labute approximate surface area is 758 Å². The van der Waals surface area contributed by atoms with Gasteiger partial charge in [0.2, 0.25) is 0 Å². The van der Waals surface area contributed by atoms with E-state index >= 15 is 0 Å². The number of para-hydroxylation sites is 5. The van der Waals surface area contributed by atoms with Gasteiger partial charge < -0.3 is 0 Å². The Morgan fingerprint density at radius 3 is 0.794 bits per heavy atom. The SMILES string of the molecule is CC(C)(C)c1ccc(C2Cc3ccccc3C(=O)N2c2ccccc2)s1.CC(C)c1ccc(C2Cc3ccccc3C(=O)N2c2ccccc2)s1.CC(F)(F)c1ccc(C2Cc3ccccc3C(=O)N2c2ccccc2)s1.CCCc1ccc(C2Cc3ccccc3C(=O)N2c2ccccc2)s1.CCc1ccc(C2Cc3ccccc3C(=O)N2c2ccccc2)s1. The smallest absolute Gasteiger partial charge is 0.279 e. The number of benzene rings is 10. The first kappa shape index (κ1) is 87.4. The summed E-state index contributed by atoms with van der Waals surface area (Å²) in [5.41, 5.74) is 14.2. The first-order valence-corrected chi connectivity index (χ1v) is 47.4. The van der Waals surface area contributed by atoms with E-state index in [0.29, 0.717) is 17.9 Å². The first-order chi connectivity index (χ1) is 61.1. The summed E-state index contributed by atoms with van der Waals surface area (Å²) in [6.45, 7) is 16.4. The first-order valence-electron chi connectivity index (χ1n) is 43.3. The maximum atomic E-state index is 13.7. The van der Waals surface area contributed by atoms with E-state index in [1.165, 1.54) is 45.1 Å². The van der Waals surface area contributed by atoms with Crippen molar-refractivity contribution in [3.63, 3.8) is 0 Å². The minimum Gasteiger partial charge on any atom is -0.300 e. The number of anilines is 5. The van der Waals surface area contributed by atoms with Gasteiger partial charge in [0.1, 0.15) is 0 Å². The summed E-state index contributed by atoms with van der Waals surface area (Å²) in [5.74, 6) is -2.08. The van der Waals surface area contributed by atoms with Crippen LogP contribution in [0.1, 0.15) is 226 Å². The third-order valence-electron chi connectivity index (χ3n) is 23.6. The summed E-state index contributed by atoms with van der Waals surface area (Å²) in [7, 11) is 0. The lowest BCUT2D eigenvalue weighted by Crippen LogP contribution is -2.40. The number of halogens is 2. The average molecular weight is 1760 g/mol. The van der Waals surface area contributed by atoms with E-state index in [9.17, 15) is 32.8 Å². The molecule has 10 nitrogen and oxygen atoms in total. The van der Waals surface area contributed by atoms with Crippen molar-refractivity contribution >= 4 is 115 Å². The molecule has 10 aromatic carbocycles. The van der Waals surface area contributed by atoms with Gasteiger partial charge in [0, 0.05) is 107 Å². The van der Waals surface area contributed by atoms with E-state index < -0.39 is 5.92 Å². The van der Waals surface area contributed by atoms with Gasteiger partial charge in [-0.1, -0.05) is 237 Å². The summed E-state index contributed by atoms with van der Waals surface area (Å²) in [6, 6.07) is 110. The van der Waals surface area contributed by atoms with Crippen LogP contribution in [-0.2, 0) is 56.3 Å². The van der Waals surface area contributed by atoms with E-state index in [2.05, 4.69) is 121 Å². The van der Waals surface area contributed by atoms with E-state index in [-0.39, 0.29) is 70.0 Å². The standard InChI is InChI=1S/C23H23NOS.2C22H21NOS.C21H17F2NOS.C21H19NOS/c1-23(2,3)21-14-13-20(26-21)19-15-16-9-7-8-12-18(16)22(25)24(19)17-10-5-4-6-11-17;1-15(2)20-12-13-21(25-20)19-14-16-8-6-7-11-18(16)22(24)23(19)17-9-4-3-5-10-17;1-2-8-18-13-14-21(25-18)20-15-16-9-6-7-12-19(16)22(24)23(20)17-10-4-3-5-11-17;1-21(22,23)19-12-11-18(26-19)17-13-14-7-5-6-10-16(14)20(25)24(17)15-8-3-2-4-9-15;1-2-17-12-13-20(24-17)19-14-15-8-6-7-11-18(15)21(23)22(19)16-9-4-3-5-10-16/h4-14,19H,15H2,1-3H3;3-13,15,19H,14H2,1-2H3;3-7,9-14,20H,2,8,15H2,1H3;2-12,17H,13H2,1H3;3-13,19H,2,14H2,1H3. The number of amides is 5. The van der Waals surface area contributed by atoms with Crippen LogP contribution in [0.25, 0.3) is 0 Å². The van der Waals surface area contributed by atoms with Gasteiger partial charge in [-0.25, -0.2) is 8.78 Å². The molecule has 0 spiro atoms. The Hall–Kier alpha value is -12.1. The summed E-state index contributed by atoms with van der Waals surface area (Å²) < 4.78 is 27.4. The van der Waals surface area contributed by atoms with Crippen molar-refractivity contribution < 1.29 is 32.8 Å². The van der Waals surface area contributed by atoms with Crippen LogP contribution in [0.2, 0.25) is 0 Å². The van der Waals surface area contributed by atoms with E-state index in [0.717, 1.165) is 147 Å². The molecule has 17 heteroatoms. The third-order valence-corrected chi connectivity index (χ3v) is 30.7. The van der Waals surface area contributed by atoms with Gasteiger partial charge in [-0.3, -0.25) is 48.5 Å². The maximum Gasteiger partial charge on any atom is 0.279 e. The zero-order valence-electron chi connectivity index (χ0n) is 71.9. The van der Waals surface area contributed by atoms with E-state index in [1.807, 2.05) is 314 Å². The number of hydrogen-bond acceptors (Lipinski definition) is 10. The van der Waals surface area contributed by atoms with Crippen molar-refractivity contribution in [1.29, 1.82) is 0 Å². The molecule has 0 radical (unpaired) electrons. The molecule has 0 bridgehead atoms. The van der Waals surface area contributed by atoms with Crippen LogP contribution in [0.5, 0.6) is 0 Å². The summed E-state index contributed by atoms with van der Waals surface area (Å²) in [4.78, 5) is 87.2. The molecule has 0 aliphatic carbocycles. The molecule has 5 aromatic heterocycles. The highest BCUT2D eigenvalue weighted by molar-refractivity contribution is 7.13. The fourth-order valence-electron chi connectivity index (χ4n) is 17.2. The van der Waals surface area contributed by atoms with Gasteiger partial charge in [0.05, 0.1) is 35.1 Å². The zero-order chi connectivity index (χ0) is 87.8. The fraction of sp³-hybridized carbons (Fsp3) is 0.220. The lowest BCUT2D eigenvalue weighted by atomic mass is 9.91. The topological polar surface area (TPSA) is 102 Å². The number of hydrogen-bond donors (Lipinski definition) is 0. The fourth-order valence-corrected chi connectivity index (χ4v) is 22.8. The minimum atomic E-state index is -2.88. The molecule has 0 saturated carbocycles. The quantitative estimate of drug-likeness (QED) is 0.102. The molecule has 0 fully saturated rings. The largest absolute Gasteiger partial charge is 0.300 e. The Morgan fingerprint density at radius 1 is 0.294 bits per heavy atom. The number of thiophene rings is 5. The number of rotatable bonds is 15. The van der Waals surface area contributed by atoms with Crippen molar-refractivity contribution in [1.82, 2.24) is 0 Å². The summed E-state index contributed by atoms with van der Waals surface area (Å²) >= 11 is 8.40. The van der Waals surface area contributed by atoms with E-state index in [1.54, 1.807) is 11.0 Å². The van der Waals surface area contributed by atoms with Gasteiger partial charge in [-0.05, 0) is 236 Å². The Morgan fingerprint density at radius 2 is 0.540 bits per heavy atom. The molecule has 0 saturated heterocycles. The molecule has 5 amide bonds. The average Bonchev–Trinajstić information content (AvgIpc) is 1.35. The lowest BCUT2D eigenvalue weighted by Gasteiger charge is -2.36. The molecule has 10 heterocycles. The van der Waals surface area contributed by atoms with Gasteiger partial charge >= 0.3 is 0 Å². The van der Waals surface area contributed by atoms with Crippen LogP contribution in [0.15, 0.2) is 334 Å². The second kappa shape index (κ2) is 38.8. The van der Waals surface area contributed by atoms with Crippen molar-refractivity contribution in [3.05, 3.63) is 438 Å². The number of nitrogens with zero attached hydrogens (tertiary/aromatic N) is 5. The molecule has 636 valence electrons. The van der Waals surface area contributed by atoms with Crippen molar-refractivity contribution in [2.75, 3.05) is 24.5 Å². The lowest BCUT2D eigenvalue weighted by molar-refractivity contribution is 0.0215. The van der Waals surface area contributed by atoms with Crippen LogP contribution in [-0.4, -0.2) is 29.5 Å². The molecule has 5 aliphatic rings. The van der Waals surface area contributed by atoms with Crippen LogP contribution < -0.4 is 24.5 Å². The van der Waals surface area contributed by atoms with E-state index in [4.69, 9.17) is 0 Å². The third kappa shape index (κ3) is 19.0. The van der Waals surface area contributed by atoms with Crippen molar-refractivity contribution in [2.24, 2.45) is 0 Å². The molecule has 5 unspecified atom stereocenters. The van der Waals surface area contributed by atoms with Crippen LogP contribution in [0, 0.1) is 0 Å². The molecular weight excluding hydrogens is 1660 g/mol. The van der Waals surface area contributed by atoms with Crippen molar-refractivity contribution in [3.8, 4) is 0 Å². The predicted molar refractivity (Wildman–Crippen MR) is 518 cm³/mol. The summed E-state index contributed by atoms with van der Waals surface area (Å²) in [5, 5.41) is 0. The number of carbonyl (C=O) groups excluding carboxylic acids is 5. The van der Waals surface area contributed by atoms with Crippen LogP contribution >= 0.6 is 56.7 Å². The van der Waals surface area contributed by atoms with Gasteiger partial charge in [-0.2, -0.15) is 0 Å². The van der Waals surface area contributed by atoms with Crippen LogP contribution in [0.4, 0.5) is 37.2 Å². The highest BCUT2D eigenvalue weighted by Crippen LogP contribution is 2.48. The van der Waals surface area contributed by atoms with Gasteiger partial charge in [0.25, 0.3) is 35.5 Å². The second-order valence-corrected chi connectivity index (χ2v) is 39.4. The highest BCUT2D eigenvalue weighted by Gasteiger charge is 2.42. The number of aryl methyl sites for hydroxylation is 2. The minimum absolute atomic E-state index is 0.0202. The number of carbonyl (C=O) groups is 5. The van der Waals surface area contributed by atoms with Crippen molar-refractivity contribution in [2.45, 2.75) is 154 Å². The molecule has 20 rings (SSSR count). The Balaban J connectivity index is 0.000000116. The maximum absolute atomic E-state index is 13.7. The molecule has 5 aliphatic heterocycles. The Bertz CT molecular complexity index is 6150. The molecule has 126 heavy (non-hydrogen) atoms.